The highest BCUT2D eigenvalue weighted by Crippen LogP contribution is 2.03. The van der Waals surface area contributed by atoms with Gasteiger partial charge in [-0.25, -0.2) is 9.59 Å². The molecule has 0 unspecified atom stereocenters. The van der Waals surface area contributed by atoms with E-state index in [1.165, 1.54) is 7.11 Å². The summed E-state index contributed by atoms with van der Waals surface area (Å²) in [6.07, 6.45) is -0.0298. The molecule has 20 heavy (non-hydrogen) atoms. The number of carboxylic acid groups (broad SMARTS) is 1. The molecule has 1 fully saturated rings. The number of urea groups is 1. The Morgan fingerprint density at radius 1 is 1.25 bits per heavy atom. The van der Waals surface area contributed by atoms with Crippen LogP contribution in [0.15, 0.2) is 0 Å². The molecule has 0 bridgehead atoms. The number of amides is 2. The number of likely N-dealkylation sites (N-methyl/N-ethyl adjacent to an activating group) is 1. The number of carboxylic acids is 1. The molecule has 1 saturated heterocycles. The van der Waals surface area contributed by atoms with Crippen molar-refractivity contribution in [3.8, 4) is 0 Å². The molecular formula is C12H21N3O5. The Kier molecular flexibility index (Phi) is 6.23. The molecular weight excluding hydrogens is 266 g/mol. The summed E-state index contributed by atoms with van der Waals surface area (Å²) in [7, 11) is 3.20. The average molecular weight is 287 g/mol. The molecule has 114 valence electrons. The number of nitrogens with zero attached hydrogens (tertiary/aromatic N) is 2. The molecule has 1 rings (SSSR count). The van der Waals surface area contributed by atoms with Gasteiger partial charge in [-0.3, -0.25) is 4.79 Å². The standard InChI is InChI=1S/C12H21N3O5/c1-14-5-7-15(8-6-14)12(19)13-9(11(17)18)3-4-10(16)20-2/h9H,3-8H2,1-2H3,(H,13,19)(H,17,18)/t9-/m0/s1. The van der Waals surface area contributed by atoms with Gasteiger partial charge in [-0.15, -0.1) is 0 Å². The van der Waals surface area contributed by atoms with E-state index in [1.54, 1.807) is 4.90 Å². The first-order valence-corrected chi connectivity index (χ1v) is 6.47. The molecule has 0 radical (unpaired) electrons. The van der Waals surface area contributed by atoms with Crippen LogP contribution in [0.2, 0.25) is 0 Å². The summed E-state index contributed by atoms with van der Waals surface area (Å²) < 4.78 is 4.45. The zero-order chi connectivity index (χ0) is 15.1. The lowest BCUT2D eigenvalue weighted by atomic mass is 10.1. The average Bonchev–Trinajstić information content (AvgIpc) is 2.43. The first-order chi connectivity index (χ1) is 9.43. The number of ether oxygens (including phenoxy) is 1. The Morgan fingerprint density at radius 2 is 1.85 bits per heavy atom. The van der Waals surface area contributed by atoms with Crippen molar-refractivity contribution in [2.24, 2.45) is 0 Å². The summed E-state index contributed by atoms with van der Waals surface area (Å²) in [5, 5.41) is 11.5. The quantitative estimate of drug-likeness (QED) is 0.652. The van der Waals surface area contributed by atoms with Crippen LogP contribution in [-0.4, -0.2) is 79.3 Å². The number of nitrogens with one attached hydrogen (secondary N) is 1. The molecule has 2 N–H and O–H groups in total. The maximum atomic E-state index is 12.0. The van der Waals surface area contributed by atoms with Crippen LogP contribution in [0, 0.1) is 0 Å². The lowest BCUT2D eigenvalue weighted by molar-refractivity contribution is -0.142. The van der Waals surface area contributed by atoms with Gasteiger partial charge >= 0.3 is 18.0 Å². The van der Waals surface area contributed by atoms with Crippen LogP contribution >= 0.6 is 0 Å². The first kappa shape index (κ1) is 16.2. The van der Waals surface area contributed by atoms with Crippen LogP contribution in [0.25, 0.3) is 0 Å². The minimum atomic E-state index is -1.16. The van der Waals surface area contributed by atoms with Gasteiger partial charge in [0.2, 0.25) is 0 Å². The van der Waals surface area contributed by atoms with E-state index in [0.29, 0.717) is 13.1 Å². The Balaban J connectivity index is 2.46. The Bertz CT molecular complexity index is 366. The van der Waals surface area contributed by atoms with Crippen molar-refractivity contribution >= 4 is 18.0 Å². The molecule has 0 aromatic rings. The number of esters is 1. The van der Waals surface area contributed by atoms with E-state index in [0.717, 1.165) is 13.1 Å². The van der Waals surface area contributed by atoms with Crippen LogP contribution in [0.4, 0.5) is 4.79 Å². The number of carbonyl (C=O) groups is 3. The molecule has 0 aliphatic carbocycles. The van der Waals surface area contributed by atoms with Crippen LogP contribution in [0.1, 0.15) is 12.8 Å². The molecule has 1 heterocycles. The highest BCUT2D eigenvalue weighted by molar-refractivity contribution is 5.83. The number of piperazine rings is 1. The normalized spacial score (nSPS) is 17.4. The van der Waals surface area contributed by atoms with Crippen LogP contribution in [0.3, 0.4) is 0 Å². The van der Waals surface area contributed by atoms with Gasteiger partial charge in [0.1, 0.15) is 6.04 Å². The van der Waals surface area contributed by atoms with Crippen molar-refractivity contribution in [3.63, 3.8) is 0 Å². The predicted octanol–water partition coefficient (Wildman–Crippen LogP) is -0.650. The van der Waals surface area contributed by atoms with Gasteiger partial charge in [0, 0.05) is 32.6 Å². The summed E-state index contributed by atoms with van der Waals surface area (Å²) >= 11 is 0. The zero-order valence-corrected chi connectivity index (χ0v) is 11.8. The Hall–Kier alpha value is -1.83. The largest absolute Gasteiger partial charge is 0.480 e. The maximum Gasteiger partial charge on any atom is 0.326 e. The second-order valence-corrected chi connectivity index (χ2v) is 4.75. The fourth-order valence-electron chi connectivity index (χ4n) is 1.87. The van der Waals surface area contributed by atoms with Crippen molar-refractivity contribution in [1.29, 1.82) is 0 Å². The van der Waals surface area contributed by atoms with Gasteiger partial charge in [0.15, 0.2) is 0 Å². The Labute approximate surface area is 117 Å². The summed E-state index contributed by atoms with van der Waals surface area (Å²) in [6, 6.07) is -1.49. The van der Waals surface area contributed by atoms with E-state index >= 15 is 0 Å². The smallest absolute Gasteiger partial charge is 0.326 e. The molecule has 2 amide bonds. The van der Waals surface area contributed by atoms with Gasteiger partial charge < -0.3 is 25.0 Å². The van der Waals surface area contributed by atoms with Crippen molar-refractivity contribution < 1.29 is 24.2 Å². The lowest BCUT2D eigenvalue weighted by Gasteiger charge is -2.33. The summed E-state index contributed by atoms with van der Waals surface area (Å²) in [5.41, 5.74) is 0. The number of hydrogen-bond acceptors (Lipinski definition) is 5. The van der Waals surface area contributed by atoms with Crippen LogP contribution in [0.5, 0.6) is 0 Å². The molecule has 1 atom stereocenters. The fraction of sp³-hybridized carbons (Fsp3) is 0.750. The van der Waals surface area contributed by atoms with Gasteiger partial charge in [0.05, 0.1) is 7.11 Å². The zero-order valence-electron chi connectivity index (χ0n) is 11.8. The number of hydrogen-bond donors (Lipinski definition) is 2. The first-order valence-electron chi connectivity index (χ1n) is 6.47. The number of aliphatic carboxylic acids is 1. The molecule has 1 aliphatic heterocycles. The van der Waals surface area contributed by atoms with Gasteiger partial charge in [-0.2, -0.15) is 0 Å². The van der Waals surface area contributed by atoms with Crippen LogP contribution < -0.4 is 5.32 Å². The SMILES string of the molecule is COC(=O)CC[C@H](NC(=O)N1CCN(C)CC1)C(=O)O. The second-order valence-electron chi connectivity index (χ2n) is 4.75. The molecule has 0 aromatic carbocycles. The topological polar surface area (TPSA) is 99.2 Å². The van der Waals surface area contributed by atoms with E-state index in [4.69, 9.17) is 5.11 Å². The molecule has 0 aromatic heterocycles. The van der Waals surface area contributed by atoms with Crippen molar-refractivity contribution in [3.05, 3.63) is 0 Å². The molecule has 8 heteroatoms. The number of rotatable bonds is 5. The minimum absolute atomic E-state index is 0.0154. The monoisotopic (exact) mass is 287 g/mol. The summed E-state index contributed by atoms with van der Waals surface area (Å²) in [4.78, 5) is 37.7. The third-order valence-electron chi connectivity index (χ3n) is 3.25. The van der Waals surface area contributed by atoms with E-state index in [9.17, 15) is 14.4 Å². The maximum absolute atomic E-state index is 12.0. The van der Waals surface area contributed by atoms with E-state index < -0.39 is 24.0 Å². The second kappa shape index (κ2) is 7.68. The predicted molar refractivity (Wildman–Crippen MR) is 70.3 cm³/mol. The highest BCUT2D eigenvalue weighted by Gasteiger charge is 2.25. The van der Waals surface area contributed by atoms with Crippen LogP contribution in [-0.2, 0) is 14.3 Å². The number of carbonyl (C=O) groups excluding carboxylic acids is 2. The number of methoxy groups -OCH3 is 1. The van der Waals surface area contributed by atoms with Crippen molar-refractivity contribution in [2.45, 2.75) is 18.9 Å². The molecule has 8 nitrogen and oxygen atoms in total. The van der Waals surface area contributed by atoms with Crippen molar-refractivity contribution in [1.82, 2.24) is 15.1 Å². The lowest BCUT2D eigenvalue weighted by Crippen LogP contribution is -2.54. The third-order valence-corrected chi connectivity index (χ3v) is 3.25. The van der Waals surface area contributed by atoms with Gasteiger partial charge in [-0.1, -0.05) is 0 Å². The summed E-state index contributed by atoms with van der Waals surface area (Å²) in [6.45, 7) is 2.64. The molecule has 0 saturated carbocycles. The fourth-order valence-corrected chi connectivity index (χ4v) is 1.87. The van der Waals surface area contributed by atoms with E-state index in [1.807, 2.05) is 7.05 Å². The van der Waals surface area contributed by atoms with Gasteiger partial charge in [0.25, 0.3) is 0 Å². The highest BCUT2D eigenvalue weighted by atomic mass is 16.5. The van der Waals surface area contributed by atoms with Gasteiger partial charge in [-0.05, 0) is 13.5 Å². The van der Waals surface area contributed by atoms with Crippen molar-refractivity contribution in [2.75, 3.05) is 40.3 Å². The Morgan fingerprint density at radius 3 is 2.35 bits per heavy atom. The van der Waals surface area contributed by atoms with E-state index in [2.05, 4.69) is 15.0 Å². The molecule has 0 spiro atoms. The third kappa shape index (κ3) is 5.04. The summed E-state index contributed by atoms with van der Waals surface area (Å²) in [5.74, 6) is -1.65. The molecule has 1 aliphatic rings. The minimum Gasteiger partial charge on any atom is -0.480 e. The van der Waals surface area contributed by atoms with E-state index in [-0.39, 0.29) is 12.8 Å².